The molecule has 1 aromatic carbocycles. The molecule has 9 nitrogen and oxygen atoms in total. The van der Waals surface area contributed by atoms with Gasteiger partial charge >= 0.3 is 0 Å². The summed E-state index contributed by atoms with van der Waals surface area (Å²) in [5.41, 5.74) is 0.908. The minimum absolute atomic E-state index is 0.0744. The second-order valence-electron chi connectivity index (χ2n) is 7.20. The lowest BCUT2D eigenvalue weighted by Gasteiger charge is -2.39. The van der Waals surface area contributed by atoms with Gasteiger partial charge in [0.25, 0.3) is 0 Å². The number of hydrogen-bond donors (Lipinski definition) is 1. The number of aryl methyl sites for hydroxylation is 1. The number of piperazine rings is 1. The van der Waals surface area contributed by atoms with Crippen LogP contribution in [0.1, 0.15) is 29.2 Å². The molecule has 1 saturated heterocycles. The maximum atomic E-state index is 11.8. The molecule has 1 amide bonds. The highest BCUT2D eigenvalue weighted by atomic mass is 32.1. The van der Waals surface area contributed by atoms with Gasteiger partial charge in [0.1, 0.15) is 17.3 Å². The van der Waals surface area contributed by atoms with Crippen molar-refractivity contribution in [3.8, 4) is 17.4 Å². The van der Waals surface area contributed by atoms with Crippen LogP contribution in [0.3, 0.4) is 0 Å². The van der Waals surface area contributed by atoms with E-state index in [0.29, 0.717) is 48.5 Å². The van der Waals surface area contributed by atoms with Gasteiger partial charge in [-0.3, -0.25) is 9.69 Å². The van der Waals surface area contributed by atoms with E-state index in [1.165, 1.54) is 15.9 Å². The zero-order valence-electron chi connectivity index (χ0n) is 17.5. The standard InChI is InChI=1S/C20H25N5O4S/c1-12-21-20-25(22-12)19(27)18(30-20)17(24-9-7-23(8-10-24)13(2)26)15-6-5-14(28-3)11-16(15)29-4/h5-6,11,17,27H,7-10H2,1-4H3/t17-/m0/s1. The van der Waals surface area contributed by atoms with Gasteiger partial charge < -0.3 is 19.5 Å². The van der Waals surface area contributed by atoms with E-state index in [2.05, 4.69) is 15.0 Å². The van der Waals surface area contributed by atoms with Crippen LogP contribution in [0.2, 0.25) is 0 Å². The molecule has 1 atom stereocenters. The number of carbonyl (C=O) groups excluding carboxylic acids is 1. The Morgan fingerprint density at radius 2 is 1.93 bits per heavy atom. The van der Waals surface area contributed by atoms with Crippen molar-refractivity contribution in [2.24, 2.45) is 0 Å². The lowest BCUT2D eigenvalue weighted by Crippen LogP contribution is -2.49. The van der Waals surface area contributed by atoms with E-state index >= 15 is 0 Å². The Morgan fingerprint density at radius 3 is 2.53 bits per heavy atom. The smallest absolute Gasteiger partial charge is 0.230 e. The van der Waals surface area contributed by atoms with Gasteiger partial charge in [-0.25, -0.2) is 4.98 Å². The second-order valence-corrected chi connectivity index (χ2v) is 8.20. The molecule has 2 aromatic heterocycles. The molecule has 1 aliphatic rings. The molecular weight excluding hydrogens is 406 g/mol. The summed E-state index contributed by atoms with van der Waals surface area (Å²) < 4.78 is 12.5. The van der Waals surface area contributed by atoms with Gasteiger partial charge in [0.2, 0.25) is 16.7 Å². The van der Waals surface area contributed by atoms with E-state index in [9.17, 15) is 9.90 Å². The Bertz CT molecular complexity index is 1070. The van der Waals surface area contributed by atoms with E-state index in [-0.39, 0.29) is 17.8 Å². The monoisotopic (exact) mass is 431 g/mol. The molecule has 3 heterocycles. The fraction of sp³-hybridized carbons (Fsp3) is 0.450. The summed E-state index contributed by atoms with van der Waals surface area (Å²) in [5.74, 6) is 2.12. The van der Waals surface area contributed by atoms with Crippen LogP contribution in [0.4, 0.5) is 0 Å². The average Bonchev–Trinajstić information content (AvgIpc) is 3.26. The summed E-state index contributed by atoms with van der Waals surface area (Å²) in [6.45, 7) is 5.99. The van der Waals surface area contributed by atoms with Crippen molar-refractivity contribution < 1.29 is 19.4 Å². The van der Waals surface area contributed by atoms with Gasteiger partial charge in [-0.05, 0) is 19.1 Å². The third-order valence-corrected chi connectivity index (χ3v) is 6.49. The van der Waals surface area contributed by atoms with E-state index in [4.69, 9.17) is 9.47 Å². The number of nitrogens with zero attached hydrogens (tertiary/aromatic N) is 5. The van der Waals surface area contributed by atoms with Crippen LogP contribution in [-0.2, 0) is 4.79 Å². The van der Waals surface area contributed by atoms with Crippen LogP contribution in [-0.4, -0.2) is 75.8 Å². The van der Waals surface area contributed by atoms with Crippen LogP contribution < -0.4 is 9.47 Å². The zero-order valence-corrected chi connectivity index (χ0v) is 18.3. The minimum atomic E-state index is -0.270. The summed E-state index contributed by atoms with van der Waals surface area (Å²) in [6.07, 6.45) is 0. The summed E-state index contributed by atoms with van der Waals surface area (Å²) in [7, 11) is 3.23. The number of aromatic hydroxyl groups is 1. The first-order valence-electron chi connectivity index (χ1n) is 9.69. The van der Waals surface area contributed by atoms with Gasteiger partial charge in [-0.2, -0.15) is 4.52 Å². The lowest BCUT2D eigenvalue weighted by atomic mass is 10.0. The highest BCUT2D eigenvalue weighted by molar-refractivity contribution is 7.17. The normalized spacial score (nSPS) is 16.1. The van der Waals surface area contributed by atoms with Crippen molar-refractivity contribution in [2.45, 2.75) is 19.9 Å². The Morgan fingerprint density at radius 1 is 1.20 bits per heavy atom. The number of carbonyl (C=O) groups is 1. The first-order valence-corrected chi connectivity index (χ1v) is 10.5. The number of rotatable bonds is 5. The molecule has 30 heavy (non-hydrogen) atoms. The van der Waals surface area contributed by atoms with E-state index in [1.54, 1.807) is 28.1 Å². The van der Waals surface area contributed by atoms with Gasteiger partial charge in [0, 0.05) is 44.7 Å². The number of benzene rings is 1. The van der Waals surface area contributed by atoms with Crippen molar-refractivity contribution in [1.82, 2.24) is 24.4 Å². The van der Waals surface area contributed by atoms with Gasteiger partial charge in [-0.1, -0.05) is 11.3 Å². The fourth-order valence-corrected chi connectivity index (χ4v) is 5.02. The molecule has 0 saturated carbocycles. The van der Waals surface area contributed by atoms with Crippen LogP contribution in [0.25, 0.3) is 4.96 Å². The summed E-state index contributed by atoms with van der Waals surface area (Å²) in [4.78, 5) is 21.6. The van der Waals surface area contributed by atoms with Crippen molar-refractivity contribution >= 4 is 22.2 Å². The number of aromatic nitrogens is 3. The summed E-state index contributed by atoms with van der Waals surface area (Å²) >= 11 is 1.41. The maximum Gasteiger partial charge on any atom is 0.230 e. The van der Waals surface area contributed by atoms with E-state index < -0.39 is 0 Å². The summed E-state index contributed by atoms with van der Waals surface area (Å²) in [5, 5.41) is 15.3. The fourth-order valence-electron chi connectivity index (χ4n) is 3.87. The first-order chi connectivity index (χ1) is 14.4. The molecule has 3 aromatic rings. The summed E-state index contributed by atoms with van der Waals surface area (Å²) in [6, 6.07) is 5.41. The SMILES string of the molecule is COc1ccc([C@@H](c2sc3nc(C)nn3c2O)N2CCN(C(C)=O)CC2)c(OC)c1. The zero-order chi connectivity index (χ0) is 21.4. The second kappa shape index (κ2) is 8.11. The highest BCUT2D eigenvalue weighted by Gasteiger charge is 2.34. The average molecular weight is 432 g/mol. The molecule has 160 valence electrons. The predicted molar refractivity (Wildman–Crippen MR) is 112 cm³/mol. The van der Waals surface area contributed by atoms with Crippen molar-refractivity contribution in [3.05, 3.63) is 34.5 Å². The Balaban J connectivity index is 1.80. The number of methoxy groups -OCH3 is 2. The predicted octanol–water partition coefficient (Wildman–Crippen LogP) is 2.08. The number of hydrogen-bond acceptors (Lipinski definition) is 8. The lowest BCUT2D eigenvalue weighted by molar-refractivity contribution is -0.130. The van der Waals surface area contributed by atoms with Crippen LogP contribution in [0.5, 0.6) is 17.4 Å². The molecule has 10 heteroatoms. The molecule has 4 rings (SSSR count). The molecule has 1 aliphatic heterocycles. The number of thiazole rings is 1. The largest absolute Gasteiger partial charge is 0.497 e. The Labute approximate surface area is 178 Å². The Hall–Kier alpha value is -2.85. The van der Waals surface area contributed by atoms with Crippen LogP contribution in [0, 0.1) is 6.92 Å². The van der Waals surface area contributed by atoms with E-state index in [0.717, 1.165) is 10.4 Å². The number of ether oxygens (including phenoxy) is 2. The molecule has 0 unspecified atom stereocenters. The Kier molecular flexibility index (Phi) is 5.52. The molecule has 1 fully saturated rings. The van der Waals surface area contributed by atoms with Crippen molar-refractivity contribution in [1.29, 1.82) is 0 Å². The molecule has 0 bridgehead atoms. The minimum Gasteiger partial charge on any atom is -0.497 e. The van der Waals surface area contributed by atoms with Crippen LogP contribution in [0.15, 0.2) is 18.2 Å². The quantitative estimate of drug-likeness (QED) is 0.661. The molecule has 0 aliphatic carbocycles. The van der Waals surface area contributed by atoms with Crippen LogP contribution >= 0.6 is 11.3 Å². The maximum absolute atomic E-state index is 11.8. The number of amides is 1. The highest BCUT2D eigenvalue weighted by Crippen LogP contribution is 2.43. The third-order valence-electron chi connectivity index (χ3n) is 5.41. The third kappa shape index (κ3) is 3.56. The molecule has 1 N–H and O–H groups in total. The molecule has 0 spiro atoms. The van der Waals surface area contributed by atoms with Gasteiger partial charge in [-0.15, -0.1) is 5.10 Å². The number of fused-ring (bicyclic) bond motifs is 1. The molecule has 0 radical (unpaired) electrons. The van der Waals surface area contributed by atoms with Crippen molar-refractivity contribution in [2.75, 3.05) is 40.4 Å². The first kappa shape index (κ1) is 20.4. The van der Waals surface area contributed by atoms with Crippen molar-refractivity contribution in [3.63, 3.8) is 0 Å². The molecular formula is C20H25N5O4S. The van der Waals surface area contributed by atoms with Gasteiger partial charge in [0.05, 0.1) is 25.1 Å². The topological polar surface area (TPSA) is 92.4 Å². The van der Waals surface area contributed by atoms with Gasteiger partial charge in [0.15, 0.2) is 0 Å². The van der Waals surface area contributed by atoms with E-state index in [1.807, 2.05) is 23.1 Å².